The summed E-state index contributed by atoms with van der Waals surface area (Å²) in [7, 11) is 0. The summed E-state index contributed by atoms with van der Waals surface area (Å²) < 4.78 is 11.5. The lowest BCUT2D eigenvalue weighted by molar-refractivity contribution is -0.132. The summed E-state index contributed by atoms with van der Waals surface area (Å²) >= 11 is 6.19. The number of nitrogens with zero attached hydrogens (tertiary/aromatic N) is 3. The number of carbonyl (C=O) groups excluding carboxylic acids is 2. The van der Waals surface area contributed by atoms with Crippen molar-refractivity contribution in [2.75, 3.05) is 26.2 Å². The molecule has 0 saturated carbocycles. The van der Waals surface area contributed by atoms with Crippen LogP contribution in [0.15, 0.2) is 34.9 Å². The summed E-state index contributed by atoms with van der Waals surface area (Å²) in [5.41, 5.74) is 0.863. The van der Waals surface area contributed by atoms with Gasteiger partial charge in [-0.1, -0.05) is 28.9 Å². The third-order valence-electron chi connectivity index (χ3n) is 5.65. The molecule has 2 aliphatic rings. The van der Waals surface area contributed by atoms with Crippen molar-refractivity contribution in [2.24, 2.45) is 0 Å². The summed E-state index contributed by atoms with van der Waals surface area (Å²) in [5.74, 6) is 0.647. The average Bonchev–Trinajstić information content (AvgIpc) is 3.06. The number of aromatic nitrogens is 1. The second kappa shape index (κ2) is 8.16. The molecule has 7 nitrogen and oxygen atoms in total. The molecule has 0 bridgehead atoms. The van der Waals surface area contributed by atoms with Gasteiger partial charge in [-0.3, -0.25) is 9.59 Å². The van der Waals surface area contributed by atoms with Crippen LogP contribution < -0.4 is 0 Å². The Labute approximate surface area is 174 Å². The number of hydrogen-bond donors (Lipinski definition) is 0. The number of hydrogen-bond acceptors (Lipinski definition) is 5. The van der Waals surface area contributed by atoms with E-state index in [2.05, 4.69) is 5.16 Å². The summed E-state index contributed by atoms with van der Waals surface area (Å²) in [6.45, 7) is 4.24. The van der Waals surface area contributed by atoms with E-state index in [0.29, 0.717) is 68.4 Å². The zero-order chi connectivity index (χ0) is 20.4. The van der Waals surface area contributed by atoms with Gasteiger partial charge in [-0.2, -0.15) is 0 Å². The first-order chi connectivity index (χ1) is 14.0. The van der Waals surface area contributed by atoms with Crippen LogP contribution in [0, 0.1) is 6.92 Å². The molecule has 2 aromatic rings. The lowest BCUT2D eigenvalue weighted by atomic mass is 9.90. The zero-order valence-corrected chi connectivity index (χ0v) is 17.2. The first-order valence-electron chi connectivity index (χ1n) is 9.83. The second-order valence-corrected chi connectivity index (χ2v) is 8.15. The molecule has 1 aromatic carbocycles. The van der Waals surface area contributed by atoms with E-state index in [1.807, 2.05) is 30.0 Å². The Hall–Kier alpha value is -2.38. The fourth-order valence-electron chi connectivity index (χ4n) is 4.04. The molecule has 8 heteroatoms. The Morgan fingerprint density at radius 2 is 2.03 bits per heavy atom. The Kier molecular flexibility index (Phi) is 5.61. The van der Waals surface area contributed by atoms with Crippen LogP contribution in [0.5, 0.6) is 0 Å². The van der Waals surface area contributed by atoms with E-state index >= 15 is 0 Å². The Morgan fingerprint density at radius 3 is 2.72 bits per heavy atom. The highest BCUT2D eigenvalue weighted by Crippen LogP contribution is 2.32. The Morgan fingerprint density at radius 1 is 1.28 bits per heavy atom. The standard InChI is InChI=1S/C21H24ClN3O4/c1-15-12-16(29-23-15)13-25-14-21(28-11-6-19(25)26)7-9-24(10-8-21)20(27)17-4-2-3-5-18(17)22/h2-5,12H,6-11,13-14H2,1H3. The highest BCUT2D eigenvalue weighted by molar-refractivity contribution is 6.33. The fourth-order valence-corrected chi connectivity index (χ4v) is 4.26. The number of benzene rings is 1. The number of aryl methyl sites for hydroxylation is 1. The SMILES string of the molecule is Cc1cc(CN2CC3(CCN(C(=O)c4ccccc4Cl)CC3)OCCC2=O)on1. The predicted octanol–water partition coefficient (Wildman–Crippen LogP) is 3.06. The molecule has 0 unspecified atom stereocenters. The van der Waals surface area contributed by atoms with Gasteiger partial charge in [-0.25, -0.2) is 0 Å². The number of ether oxygens (including phenoxy) is 1. The van der Waals surface area contributed by atoms with Crippen LogP contribution in [-0.2, 0) is 16.1 Å². The number of carbonyl (C=O) groups is 2. The minimum absolute atomic E-state index is 0.0468. The summed E-state index contributed by atoms with van der Waals surface area (Å²) in [4.78, 5) is 29.0. The lowest BCUT2D eigenvalue weighted by Gasteiger charge is -2.42. The average molecular weight is 418 g/mol. The molecule has 2 amide bonds. The van der Waals surface area contributed by atoms with Gasteiger partial charge in [0.15, 0.2) is 5.76 Å². The van der Waals surface area contributed by atoms with Crippen molar-refractivity contribution in [2.45, 2.75) is 38.3 Å². The third kappa shape index (κ3) is 4.31. The van der Waals surface area contributed by atoms with E-state index in [-0.39, 0.29) is 11.8 Å². The Balaban J connectivity index is 1.44. The first-order valence-corrected chi connectivity index (χ1v) is 10.2. The topological polar surface area (TPSA) is 75.9 Å². The van der Waals surface area contributed by atoms with Crippen LogP contribution >= 0.6 is 11.6 Å². The van der Waals surface area contributed by atoms with Crippen molar-refractivity contribution in [1.82, 2.24) is 15.0 Å². The molecule has 2 fully saturated rings. The van der Waals surface area contributed by atoms with Gasteiger partial charge >= 0.3 is 0 Å². The van der Waals surface area contributed by atoms with Gasteiger partial charge in [0, 0.05) is 19.2 Å². The van der Waals surface area contributed by atoms with Gasteiger partial charge < -0.3 is 19.1 Å². The van der Waals surface area contributed by atoms with Crippen molar-refractivity contribution in [3.63, 3.8) is 0 Å². The molecule has 1 aromatic heterocycles. The van der Waals surface area contributed by atoms with Crippen LogP contribution in [0.4, 0.5) is 0 Å². The summed E-state index contributed by atoms with van der Waals surface area (Å²) in [5, 5.41) is 4.36. The fraction of sp³-hybridized carbons (Fsp3) is 0.476. The van der Waals surface area contributed by atoms with E-state index in [9.17, 15) is 9.59 Å². The summed E-state index contributed by atoms with van der Waals surface area (Å²) in [6, 6.07) is 8.94. The molecule has 0 radical (unpaired) electrons. The molecule has 2 aliphatic heterocycles. The zero-order valence-electron chi connectivity index (χ0n) is 16.4. The molecular formula is C21H24ClN3O4. The highest BCUT2D eigenvalue weighted by atomic mass is 35.5. The van der Waals surface area contributed by atoms with Gasteiger partial charge in [0.25, 0.3) is 5.91 Å². The molecule has 0 aliphatic carbocycles. The normalized spacial score (nSPS) is 19.4. The van der Waals surface area contributed by atoms with Crippen molar-refractivity contribution in [1.29, 1.82) is 0 Å². The molecule has 2 saturated heterocycles. The Bertz CT molecular complexity index is 905. The van der Waals surface area contributed by atoms with E-state index in [1.165, 1.54) is 0 Å². The van der Waals surface area contributed by atoms with Crippen molar-refractivity contribution < 1.29 is 18.8 Å². The van der Waals surface area contributed by atoms with Crippen molar-refractivity contribution >= 4 is 23.4 Å². The van der Waals surface area contributed by atoms with Crippen LogP contribution in [0.3, 0.4) is 0 Å². The molecule has 29 heavy (non-hydrogen) atoms. The van der Waals surface area contributed by atoms with Crippen LogP contribution in [0.25, 0.3) is 0 Å². The third-order valence-corrected chi connectivity index (χ3v) is 5.98. The monoisotopic (exact) mass is 417 g/mol. The molecule has 1 spiro atoms. The molecule has 154 valence electrons. The maximum absolute atomic E-state index is 12.8. The number of rotatable bonds is 3. The largest absolute Gasteiger partial charge is 0.372 e. The summed E-state index contributed by atoms with van der Waals surface area (Å²) in [6.07, 6.45) is 1.68. The number of halogens is 1. The molecule has 4 rings (SSSR count). The smallest absolute Gasteiger partial charge is 0.255 e. The number of piperidine rings is 1. The second-order valence-electron chi connectivity index (χ2n) is 7.74. The van der Waals surface area contributed by atoms with Crippen LogP contribution in [-0.4, -0.2) is 58.6 Å². The molecule has 3 heterocycles. The van der Waals surface area contributed by atoms with Crippen molar-refractivity contribution in [3.05, 3.63) is 52.4 Å². The van der Waals surface area contributed by atoms with E-state index < -0.39 is 5.60 Å². The number of amides is 2. The maximum atomic E-state index is 12.8. The highest BCUT2D eigenvalue weighted by Gasteiger charge is 2.41. The predicted molar refractivity (Wildman–Crippen MR) is 107 cm³/mol. The molecule has 0 atom stereocenters. The van der Waals surface area contributed by atoms with Gasteiger partial charge in [0.2, 0.25) is 5.91 Å². The van der Waals surface area contributed by atoms with Crippen LogP contribution in [0.2, 0.25) is 5.02 Å². The minimum Gasteiger partial charge on any atom is -0.372 e. The maximum Gasteiger partial charge on any atom is 0.255 e. The van der Waals surface area contributed by atoms with E-state index in [4.69, 9.17) is 20.9 Å². The van der Waals surface area contributed by atoms with Crippen molar-refractivity contribution in [3.8, 4) is 0 Å². The van der Waals surface area contributed by atoms with Gasteiger partial charge in [-0.15, -0.1) is 0 Å². The van der Waals surface area contributed by atoms with Gasteiger partial charge in [0.05, 0.1) is 48.0 Å². The van der Waals surface area contributed by atoms with Crippen LogP contribution in [0.1, 0.15) is 41.1 Å². The number of likely N-dealkylation sites (tertiary alicyclic amines) is 1. The van der Waals surface area contributed by atoms with E-state index in [0.717, 1.165) is 5.69 Å². The van der Waals surface area contributed by atoms with E-state index in [1.54, 1.807) is 17.0 Å². The van der Waals surface area contributed by atoms with Gasteiger partial charge in [-0.05, 0) is 31.9 Å². The lowest BCUT2D eigenvalue weighted by Crippen LogP contribution is -2.53. The quantitative estimate of drug-likeness (QED) is 0.767. The minimum atomic E-state index is -0.446. The van der Waals surface area contributed by atoms with Gasteiger partial charge in [0.1, 0.15) is 0 Å². The molecular weight excluding hydrogens is 394 g/mol. The molecule has 0 N–H and O–H groups in total. The first kappa shape index (κ1) is 19.9.